The smallest absolute Gasteiger partial charge is 0.313 e. The molecule has 1 aromatic rings. The van der Waals surface area contributed by atoms with Crippen LogP contribution in [0.3, 0.4) is 0 Å². The molecular weight excluding hydrogens is 242 g/mol. The Morgan fingerprint density at radius 3 is 2.67 bits per heavy atom. The molecule has 18 heavy (non-hydrogen) atoms. The molecule has 1 atom stereocenters. The minimum absolute atomic E-state index is 0.155. The molecule has 1 aromatic carbocycles. The molecule has 0 aliphatic carbocycles. The summed E-state index contributed by atoms with van der Waals surface area (Å²) >= 11 is 0. The van der Waals surface area contributed by atoms with Crippen LogP contribution in [0.4, 0.5) is 8.78 Å². The summed E-state index contributed by atoms with van der Waals surface area (Å²) in [5, 5.41) is 0. The molecule has 0 heterocycles. The number of hydrogen-bond donors (Lipinski definition) is 0. The quantitative estimate of drug-likeness (QED) is 0.580. The van der Waals surface area contributed by atoms with Crippen LogP contribution in [-0.4, -0.2) is 18.9 Å². The van der Waals surface area contributed by atoms with Crippen LogP contribution in [0.15, 0.2) is 18.2 Å². The second-order valence-corrected chi connectivity index (χ2v) is 3.72. The van der Waals surface area contributed by atoms with Crippen LogP contribution in [0.1, 0.15) is 31.2 Å². The Morgan fingerprint density at radius 1 is 1.39 bits per heavy atom. The fourth-order valence-corrected chi connectivity index (χ4v) is 1.63. The molecule has 0 saturated carbocycles. The highest BCUT2D eigenvalue weighted by atomic mass is 19.2. The topological polar surface area (TPSA) is 43.4 Å². The Balaban J connectivity index is 2.96. The monoisotopic (exact) mass is 256 g/mol. The van der Waals surface area contributed by atoms with Gasteiger partial charge in [-0.25, -0.2) is 8.78 Å². The van der Waals surface area contributed by atoms with Gasteiger partial charge >= 0.3 is 5.97 Å². The van der Waals surface area contributed by atoms with Crippen molar-refractivity contribution in [1.29, 1.82) is 0 Å². The van der Waals surface area contributed by atoms with Gasteiger partial charge in [-0.3, -0.25) is 4.79 Å². The van der Waals surface area contributed by atoms with Crippen molar-refractivity contribution in [2.24, 2.45) is 0 Å². The summed E-state index contributed by atoms with van der Waals surface area (Å²) in [5.74, 6) is -3.28. The van der Waals surface area contributed by atoms with Crippen LogP contribution < -0.4 is 0 Å². The molecule has 1 rings (SSSR count). The van der Waals surface area contributed by atoms with Crippen molar-refractivity contribution in [2.75, 3.05) is 6.61 Å². The van der Waals surface area contributed by atoms with Gasteiger partial charge in [0.05, 0.1) is 12.5 Å². The van der Waals surface area contributed by atoms with E-state index in [1.54, 1.807) is 6.92 Å². The van der Waals surface area contributed by atoms with E-state index in [4.69, 9.17) is 4.74 Å². The van der Waals surface area contributed by atoms with E-state index in [2.05, 4.69) is 0 Å². The summed E-state index contributed by atoms with van der Waals surface area (Å²) in [4.78, 5) is 22.0. The van der Waals surface area contributed by atoms with Crippen molar-refractivity contribution < 1.29 is 23.1 Å². The van der Waals surface area contributed by atoms with Crippen molar-refractivity contribution in [3.05, 3.63) is 35.4 Å². The second-order valence-electron chi connectivity index (χ2n) is 3.72. The second kappa shape index (κ2) is 6.83. The molecule has 1 unspecified atom stereocenters. The first-order chi connectivity index (χ1) is 8.60. The highest BCUT2D eigenvalue weighted by molar-refractivity contribution is 5.78. The van der Waals surface area contributed by atoms with Gasteiger partial charge in [0.25, 0.3) is 0 Å². The van der Waals surface area contributed by atoms with E-state index in [9.17, 15) is 18.4 Å². The Labute approximate surface area is 104 Å². The van der Waals surface area contributed by atoms with Gasteiger partial charge in [-0.05, 0) is 31.0 Å². The van der Waals surface area contributed by atoms with Crippen LogP contribution in [0.5, 0.6) is 0 Å². The van der Waals surface area contributed by atoms with E-state index < -0.39 is 23.5 Å². The van der Waals surface area contributed by atoms with Gasteiger partial charge in [0, 0.05) is 6.42 Å². The first-order valence-electron chi connectivity index (χ1n) is 5.65. The molecule has 0 amide bonds. The standard InChI is InChI=1S/C13H14F2O3/c1-2-18-13(17)10(4-3-7-16)9-5-6-11(14)12(15)8-9/h5-8,10H,2-4H2,1H3. The minimum Gasteiger partial charge on any atom is -0.466 e. The zero-order valence-electron chi connectivity index (χ0n) is 9.99. The van der Waals surface area contributed by atoms with E-state index in [0.717, 1.165) is 12.1 Å². The van der Waals surface area contributed by atoms with Gasteiger partial charge in [0.1, 0.15) is 6.29 Å². The van der Waals surface area contributed by atoms with Crippen LogP contribution >= 0.6 is 0 Å². The number of aldehydes is 1. The van der Waals surface area contributed by atoms with Gasteiger partial charge < -0.3 is 9.53 Å². The number of carbonyl (C=O) groups is 2. The largest absolute Gasteiger partial charge is 0.466 e. The molecule has 5 heteroatoms. The fourth-order valence-electron chi connectivity index (χ4n) is 1.63. The summed E-state index contributed by atoms with van der Waals surface area (Å²) in [5.41, 5.74) is 0.314. The summed E-state index contributed by atoms with van der Waals surface area (Å²) in [6.45, 7) is 1.85. The lowest BCUT2D eigenvalue weighted by Crippen LogP contribution is -2.16. The molecule has 0 saturated heterocycles. The molecule has 0 N–H and O–H groups in total. The Bertz CT molecular complexity index is 432. The first kappa shape index (κ1) is 14.3. The van der Waals surface area contributed by atoms with Gasteiger partial charge in [-0.15, -0.1) is 0 Å². The molecule has 0 radical (unpaired) electrons. The first-order valence-corrected chi connectivity index (χ1v) is 5.65. The number of rotatable bonds is 6. The van der Waals surface area contributed by atoms with E-state index in [1.807, 2.05) is 0 Å². The molecule has 0 aromatic heterocycles. The average Bonchev–Trinajstić information content (AvgIpc) is 2.34. The maximum atomic E-state index is 13.1. The molecule has 0 aliphatic rings. The van der Waals surface area contributed by atoms with Gasteiger partial charge in [-0.2, -0.15) is 0 Å². The van der Waals surface area contributed by atoms with Crippen LogP contribution in [-0.2, 0) is 14.3 Å². The third-order valence-electron chi connectivity index (χ3n) is 2.49. The number of hydrogen-bond acceptors (Lipinski definition) is 3. The van der Waals surface area contributed by atoms with Gasteiger partial charge in [-0.1, -0.05) is 6.07 Å². The minimum atomic E-state index is -1.02. The predicted molar refractivity (Wildman–Crippen MR) is 61.0 cm³/mol. The van der Waals surface area contributed by atoms with Crippen molar-refractivity contribution in [2.45, 2.75) is 25.7 Å². The normalized spacial score (nSPS) is 11.9. The molecule has 0 bridgehead atoms. The molecule has 0 spiro atoms. The Hall–Kier alpha value is -1.78. The van der Waals surface area contributed by atoms with E-state index in [0.29, 0.717) is 11.8 Å². The molecular formula is C13H14F2O3. The molecule has 0 aliphatic heterocycles. The third kappa shape index (κ3) is 3.61. The lowest BCUT2D eigenvalue weighted by atomic mass is 9.94. The van der Waals surface area contributed by atoms with E-state index >= 15 is 0 Å². The number of esters is 1. The van der Waals surface area contributed by atoms with E-state index in [1.165, 1.54) is 6.07 Å². The number of carbonyl (C=O) groups excluding carboxylic acids is 2. The summed E-state index contributed by atoms with van der Waals surface area (Å²) in [6.07, 6.45) is 1.04. The summed E-state index contributed by atoms with van der Waals surface area (Å²) in [6, 6.07) is 3.24. The van der Waals surface area contributed by atoms with Crippen molar-refractivity contribution in [3.63, 3.8) is 0 Å². The van der Waals surface area contributed by atoms with Crippen LogP contribution in [0, 0.1) is 11.6 Å². The average molecular weight is 256 g/mol. The number of benzene rings is 1. The van der Waals surface area contributed by atoms with Gasteiger partial charge in [0.2, 0.25) is 0 Å². The van der Waals surface area contributed by atoms with Crippen molar-refractivity contribution in [1.82, 2.24) is 0 Å². The van der Waals surface area contributed by atoms with Gasteiger partial charge in [0.15, 0.2) is 11.6 Å². The predicted octanol–water partition coefficient (Wildman–Crippen LogP) is 2.59. The maximum absolute atomic E-state index is 13.1. The van der Waals surface area contributed by atoms with Crippen molar-refractivity contribution in [3.8, 4) is 0 Å². The third-order valence-corrected chi connectivity index (χ3v) is 2.49. The lowest BCUT2D eigenvalue weighted by molar-refractivity contribution is -0.145. The summed E-state index contributed by atoms with van der Waals surface area (Å²) < 4.78 is 30.8. The SMILES string of the molecule is CCOC(=O)C(CCC=O)c1ccc(F)c(F)c1. The summed E-state index contributed by atoms with van der Waals surface area (Å²) in [7, 11) is 0. The maximum Gasteiger partial charge on any atom is 0.313 e. The zero-order chi connectivity index (χ0) is 13.5. The molecule has 0 fully saturated rings. The number of ether oxygens (including phenoxy) is 1. The van der Waals surface area contributed by atoms with E-state index in [-0.39, 0.29) is 19.4 Å². The highest BCUT2D eigenvalue weighted by Crippen LogP contribution is 2.24. The Morgan fingerprint density at radius 2 is 2.11 bits per heavy atom. The fraction of sp³-hybridized carbons (Fsp3) is 0.385. The number of halogens is 2. The van der Waals surface area contributed by atoms with Crippen molar-refractivity contribution >= 4 is 12.3 Å². The zero-order valence-corrected chi connectivity index (χ0v) is 9.99. The molecule has 98 valence electrons. The van der Waals surface area contributed by atoms with Crippen LogP contribution in [0.2, 0.25) is 0 Å². The van der Waals surface area contributed by atoms with Crippen LogP contribution in [0.25, 0.3) is 0 Å². The highest BCUT2D eigenvalue weighted by Gasteiger charge is 2.22. The lowest BCUT2D eigenvalue weighted by Gasteiger charge is -2.15. The Kier molecular flexibility index (Phi) is 5.42. The molecule has 3 nitrogen and oxygen atoms in total.